The molecule has 0 saturated heterocycles. The number of halogens is 2. The molecule has 0 aliphatic heterocycles. The van der Waals surface area contributed by atoms with Crippen LogP contribution in [0.3, 0.4) is 0 Å². The fraction of sp³-hybridized carbons (Fsp3) is 0.391. The van der Waals surface area contributed by atoms with E-state index in [9.17, 15) is 19.7 Å². The summed E-state index contributed by atoms with van der Waals surface area (Å²) in [6.07, 6.45) is 0.920. The van der Waals surface area contributed by atoms with Crippen molar-refractivity contribution in [2.45, 2.75) is 52.2 Å². The van der Waals surface area contributed by atoms with Crippen molar-refractivity contribution in [2.75, 3.05) is 0 Å². The van der Waals surface area contributed by atoms with Gasteiger partial charge in [-0.25, -0.2) is 9.18 Å². The molecular formula is C23H24ClFN2O5. The molecule has 3 rings (SSSR count). The lowest BCUT2D eigenvalue weighted by molar-refractivity contribution is -0.385. The summed E-state index contributed by atoms with van der Waals surface area (Å²) >= 11 is 6.18. The number of aryl methyl sites for hydroxylation is 1. The molecule has 1 saturated carbocycles. The second kappa shape index (κ2) is 8.86. The molecule has 1 unspecified atom stereocenters. The Bertz CT molecular complexity index is 1090. The van der Waals surface area contributed by atoms with Gasteiger partial charge in [0.05, 0.1) is 21.6 Å². The Morgan fingerprint density at radius 3 is 2.44 bits per heavy atom. The van der Waals surface area contributed by atoms with E-state index in [1.165, 1.54) is 37.3 Å². The number of alkyl carbamates (subject to hydrolysis) is 1. The van der Waals surface area contributed by atoms with Crippen LogP contribution in [-0.2, 0) is 4.74 Å². The molecule has 2 aromatic rings. The fourth-order valence-electron chi connectivity index (χ4n) is 3.48. The first-order chi connectivity index (χ1) is 14.9. The number of benzene rings is 2. The van der Waals surface area contributed by atoms with Gasteiger partial charge in [0.15, 0.2) is 5.78 Å². The third-order valence-corrected chi connectivity index (χ3v) is 5.42. The van der Waals surface area contributed by atoms with E-state index in [2.05, 4.69) is 5.32 Å². The Morgan fingerprint density at radius 1 is 1.25 bits per heavy atom. The lowest BCUT2D eigenvalue weighted by Crippen LogP contribution is -2.36. The Hall–Kier alpha value is -3.00. The summed E-state index contributed by atoms with van der Waals surface area (Å²) in [7, 11) is 0. The molecule has 1 amide bonds. The van der Waals surface area contributed by atoms with Gasteiger partial charge in [-0.2, -0.15) is 0 Å². The van der Waals surface area contributed by atoms with E-state index in [0.717, 1.165) is 12.8 Å². The van der Waals surface area contributed by atoms with Gasteiger partial charge in [-0.05, 0) is 64.7 Å². The van der Waals surface area contributed by atoms with Crippen LogP contribution in [0.1, 0.15) is 66.7 Å². The van der Waals surface area contributed by atoms with Gasteiger partial charge in [0.25, 0.3) is 5.69 Å². The zero-order valence-corrected chi connectivity index (χ0v) is 19.0. The maximum Gasteiger partial charge on any atom is 0.408 e. The van der Waals surface area contributed by atoms with Gasteiger partial charge in [-0.3, -0.25) is 14.9 Å². The molecule has 32 heavy (non-hydrogen) atoms. The van der Waals surface area contributed by atoms with Crippen LogP contribution in [0.5, 0.6) is 0 Å². The minimum atomic E-state index is -0.827. The van der Waals surface area contributed by atoms with Crippen molar-refractivity contribution in [2.24, 2.45) is 5.92 Å². The number of nitro groups is 1. The molecule has 1 aliphatic rings. The van der Waals surface area contributed by atoms with E-state index in [4.69, 9.17) is 16.3 Å². The molecule has 0 aromatic heterocycles. The van der Waals surface area contributed by atoms with Crippen LogP contribution in [0.4, 0.5) is 14.9 Å². The maximum absolute atomic E-state index is 15.6. The highest BCUT2D eigenvalue weighted by Crippen LogP contribution is 2.43. The normalized spacial score (nSPS) is 14.6. The Balaban J connectivity index is 1.97. The molecule has 1 aliphatic carbocycles. The Labute approximate surface area is 190 Å². The first-order valence-electron chi connectivity index (χ1n) is 10.2. The smallest absolute Gasteiger partial charge is 0.408 e. The summed E-state index contributed by atoms with van der Waals surface area (Å²) in [5, 5.41) is 13.7. The Morgan fingerprint density at radius 2 is 1.91 bits per heavy atom. The monoisotopic (exact) mass is 462 g/mol. The molecule has 0 spiro atoms. The van der Waals surface area contributed by atoms with Crippen molar-refractivity contribution < 1.29 is 23.6 Å². The lowest BCUT2D eigenvalue weighted by Gasteiger charge is -2.24. The molecule has 1 atom stereocenters. The van der Waals surface area contributed by atoms with Crippen LogP contribution < -0.4 is 5.32 Å². The third kappa shape index (κ3) is 5.24. The Kier molecular flexibility index (Phi) is 6.55. The minimum Gasteiger partial charge on any atom is -0.444 e. The first-order valence-corrected chi connectivity index (χ1v) is 10.5. The summed E-state index contributed by atoms with van der Waals surface area (Å²) < 4.78 is 20.9. The highest BCUT2D eigenvalue weighted by Gasteiger charge is 2.37. The fourth-order valence-corrected chi connectivity index (χ4v) is 3.71. The predicted molar refractivity (Wildman–Crippen MR) is 118 cm³/mol. The average Bonchev–Trinajstić information content (AvgIpc) is 3.50. The number of rotatable bonds is 6. The number of hydrogen-bond acceptors (Lipinski definition) is 5. The number of nitrogens with zero attached hydrogens (tertiary/aromatic N) is 1. The van der Waals surface area contributed by atoms with Crippen molar-refractivity contribution in [3.05, 3.63) is 73.5 Å². The van der Waals surface area contributed by atoms with E-state index in [-0.39, 0.29) is 38.9 Å². The van der Waals surface area contributed by atoms with Crippen LogP contribution in [0.15, 0.2) is 30.3 Å². The molecular weight excluding hydrogens is 439 g/mol. The van der Waals surface area contributed by atoms with Crippen LogP contribution in [0, 0.1) is 28.8 Å². The molecule has 170 valence electrons. The highest BCUT2D eigenvalue weighted by molar-refractivity contribution is 6.35. The second-order valence-corrected chi connectivity index (χ2v) is 9.28. The van der Waals surface area contributed by atoms with Gasteiger partial charge in [0.2, 0.25) is 0 Å². The van der Waals surface area contributed by atoms with Crippen molar-refractivity contribution in [3.8, 4) is 0 Å². The number of carbonyl (C=O) groups is 2. The molecule has 0 bridgehead atoms. The quantitative estimate of drug-likeness (QED) is 0.327. The summed E-state index contributed by atoms with van der Waals surface area (Å²) in [6, 6.07) is 6.00. The van der Waals surface area contributed by atoms with E-state index in [1.807, 2.05) is 0 Å². The minimum absolute atomic E-state index is 0.0164. The molecule has 1 fully saturated rings. The summed E-state index contributed by atoms with van der Waals surface area (Å²) in [5.41, 5.74) is -0.702. The van der Waals surface area contributed by atoms with Crippen LogP contribution in [0.25, 0.3) is 0 Å². The largest absolute Gasteiger partial charge is 0.444 e. The number of amides is 1. The average molecular weight is 463 g/mol. The van der Waals surface area contributed by atoms with Crippen LogP contribution in [0.2, 0.25) is 5.02 Å². The number of ketones is 1. The molecule has 9 heteroatoms. The summed E-state index contributed by atoms with van der Waals surface area (Å²) in [5.74, 6) is -1.51. The van der Waals surface area contributed by atoms with Crippen molar-refractivity contribution in [1.82, 2.24) is 5.32 Å². The molecule has 7 nitrogen and oxygen atoms in total. The highest BCUT2D eigenvalue weighted by atomic mass is 35.5. The van der Waals surface area contributed by atoms with Crippen LogP contribution in [-0.4, -0.2) is 22.4 Å². The zero-order valence-electron chi connectivity index (χ0n) is 18.2. The molecule has 1 N–H and O–H groups in total. The van der Waals surface area contributed by atoms with Gasteiger partial charge in [0.1, 0.15) is 11.4 Å². The lowest BCUT2D eigenvalue weighted by atomic mass is 9.94. The zero-order chi connectivity index (χ0) is 23.8. The summed E-state index contributed by atoms with van der Waals surface area (Å²) in [6.45, 7) is 6.68. The second-order valence-electron chi connectivity index (χ2n) is 8.87. The third-order valence-electron chi connectivity index (χ3n) is 5.10. The van der Waals surface area contributed by atoms with E-state index in [1.54, 1.807) is 20.8 Å². The van der Waals surface area contributed by atoms with E-state index in [0.29, 0.717) is 0 Å². The number of hydrogen-bond donors (Lipinski definition) is 1. The molecule has 0 radical (unpaired) electrons. The van der Waals surface area contributed by atoms with Crippen molar-refractivity contribution in [1.29, 1.82) is 0 Å². The SMILES string of the molecule is Cc1cc(C(=O)c2c(Cl)ccc(C(NC(=O)OC(C)(C)C)C3CC3)c2F)ccc1[N+](=O)[O-]. The van der Waals surface area contributed by atoms with Crippen LogP contribution >= 0.6 is 11.6 Å². The number of carbonyl (C=O) groups excluding carboxylic acids is 2. The van der Waals surface area contributed by atoms with Gasteiger partial charge in [0, 0.05) is 22.8 Å². The van der Waals surface area contributed by atoms with Gasteiger partial charge < -0.3 is 10.1 Å². The molecule has 0 heterocycles. The first kappa shape index (κ1) is 23.7. The maximum atomic E-state index is 15.6. The number of ether oxygens (including phenoxy) is 1. The van der Waals surface area contributed by atoms with E-state index < -0.39 is 34.3 Å². The topological polar surface area (TPSA) is 98.5 Å². The predicted octanol–water partition coefficient (Wildman–Crippen LogP) is 5.90. The van der Waals surface area contributed by atoms with E-state index >= 15 is 4.39 Å². The standard InChI is InChI=1S/C23H24ClFN2O5/c1-12-11-14(7-10-17(12)27(30)31)21(28)18-16(24)9-8-15(19(18)25)20(13-5-6-13)26-22(29)32-23(2,3)4/h7-11,13,20H,5-6H2,1-4H3,(H,26,29). The van der Waals surface area contributed by atoms with Gasteiger partial charge in [-0.1, -0.05) is 17.7 Å². The number of nitro benzene ring substituents is 1. The van der Waals surface area contributed by atoms with Gasteiger partial charge >= 0.3 is 6.09 Å². The summed E-state index contributed by atoms with van der Waals surface area (Å²) in [4.78, 5) is 35.9. The van der Waals surface area contributed by atoms with Crippen molar-refractivity contribution >= 4 is 29.2 Å². The molecule has 2 aromatic carbocycles. The van der Waals surface area contributed by atoms with Gasteiger partial charge in [-0.15, -0.1) is 0 Å². The van der Waals surface area contributed by atoms with Crippen molar-refractivity contribution in [3.63, 3.8) is 0 Å². The number of nitrogens with one attached hydrogen (secondary N) is 1.